The highest BCUT2D eigenvalue weighted by Gasteiger charge is 2.22. The van der Waals surface area contributed by atoms with Crippen molar-refractivity contribution in [3.63, 3.8) is 0 Å². The second kappa shape index (κ2) is 6.49. The van der Waals surface area contributed by atoms with E-state index in [4.69, 9.17) is 4.74 Å². The van der Waals surface area contributed by atoms with E-state index < -0.39 is 4.92 Å². The summed E-state index contributed by atoms with van der Waals surface area (Å²) in [6.07, 6.45) is 0. The van der Waals surface area contributed by atoms with E-state index >= 15 is 0 Å². The van der Waals surface area contributed by atoms with Crippen molar-refractivity contribution in [2.24, 2.45) is 0 Å². The number of nitro groups is 1. The van der Waals surface area contributed by atoms with Crippen LogP contribution in [-0.2, 0) is 6.61 Å². The summed E-state index contributed by atoms with van der Waals surface area (Å²) in [5, 5.41) is 11.1. The summed E-state index contributed by atoms with van der Waals surface area (Å²) in [6.45, 7) is 1.58. The molecule has 0 aromatic heterocycles. The first-order valence-electron chi connectivity index (χ1n) is 6.14. The van der Waals surface area contributed by atoms with Crippen molar-refractivity contribution in [3.8, 4) is 5.75 Å². The number of benzene rings is 2. The summed E-state index contributed by atoms with van der Waals surface area (Å²) in [7, 11) is 0. The molecule has 0 unspecified atom stereocenters. The minimum absolute atomic E-state index is 0.0482. The lowest BCUT2D eigenvalue weighted by Gasteiger charge is -2.09. The van der Waals surface area contributed by atoms with Crippen LogP contribution in [0.25, 0.3) is 0 Å². The zero-order valence-electron chi connectivity index (χ0n) is 11.2. The zero-order chi connectivity index (χ0) is 15.4. The molecule has 21 heavy (non-hydrogen) atoms. The molecule has 0 bridgehead atoms. The van der Waals surface area contributed by atoms with Gasteiger partial charge >= 0.3 is 0 Å². The molecule has 2 aromatic carbocycles. The number of nitro benzene ring substituents is 1. The van der Waals surface area contributed by atoms with Gasteiger partial charge in [0.15, 0.2) is 5.78 Å². The lowest BCUT2D eigenvalue weighted by molar-refractivity contribution is -0.385. The Morgan fingerprint density at radius 1 is 1.29 bits per heavy atom. The van der Waals surface area contributed by atoms with Gasteiger partial charge < -0.3 is 4.74 Å². The summed E-state index contributed by atoms with van der Waals surface area (Å²) in [5.41, 5.74) is 0.735. The molecular formula is C15H12BrNO4. The van der Waals surface area contributed by atoms with E-state index in [1.165, 1.54) is 13.0 Å². The molecule has 0 fully saturated rings. The van der Waals surface area contributed by atoms with Gasteiger partial charge in [0.25, 0.3) is 5.69 Å². The summed E-state index contributed by atoms with van der Waals surface area (Å²) in [4.78, 5) is 22.0. The van der Waals surface area contributed by atoms with E-state index in [0.717, 1.165) is 5.56 Å². The first-order valence-corrected chi connectivity index (χ1v) is 6.94. The van der Waals surface area contributed by atoms with Crippen molar-refractivity contribution in [2.45, 2.75) is 13.5 Å². The maximum atomic E-state index is 11.5. The topological polar surface area (TPSA) is 69.4 Å². The first-order chi connectivity index (χ1) is 9.99. The second-order valence-corrected chi connectivity index (χ2v) is 5.24. The molecule has 0 aliphatic rings. The number of hydrogen-bond acceptors (Lipinski definition) is 4. The molecular weight excluding hydrogens is 338 g/mol. The molecule has 5 nitrogen and oxygen atoms in total. The van der Waals surface area contributed by atoms with Crippen LogP contribution < -0.4 is 4.74 Å². The predicted octanol–water partition coefficient (Wildman–Crippen LogP) is 4.14. The Kier molecular flexibility index (Phi) is 4.70. The fraction of sp³-hybridized carbons (Fsp3) is 0.133. The number of Topliss-reactive ketones (excluding diaryl/α,β-unsaturated/α-hetero) is 1. The van der Waals surface area contributed by atoms with Gasteiger partial charge in [-0.15, -0.1) is 0 Å². The monoisotopic (exact) mass is 349 g/mol. The highest BCUT2D eigenvalue weighted by molar-refractivity contribution is 9.10. The third-order valence-corrected chi connectivity index (χ3v) is 3.47. The van der Waals surface area contributed by atoms with Crippen LogP contribution in [0.5, 0.6) is 5.75 Å². The Labute approximate surface area is 129 Å². The van der Waals surface area contributed by atoms with Gasteiger partial charge in [0.2, 0.25) is 0 Å². The molecule has 0 aliphatic heterocycles. The normalized spacial score (nSPS) is 10.2. The standard InChI is InChI=1S/C15H12BrNO4/c1-10(18)15-13(16)7-12(8-14(15)17(19)20)21-9-11-5-3-2-4-6-11/h2-8H,9H2,1H3. The SMILES string of the molecule is CC(=O)c1c(Br)cc(OCc2ccccc2)cc1[N+](=O)[O-]. The van der Waals surface area contributed by atoms with Crippen molar-refractivity contribution in [2.75, 3.05) is 0 Å². The third kappa shape index (κ3) is 3.66. The van der Waals surface area contributed by atoms with Crippen LogP contribution in [0.15, 0.2) is 46.9 Å². The van der Waals surface area contributed by atoms with Gasteiger partial charge in [-0.3, -0.25) is 14.9 Å². The molecule has 0 heterocycles. The number of halogens is 1. The highest BCUT2D eigenvalue weighted by atomic mass is 79.9. The number of carbonyl (C=O) groups excluding carboxylic acids is 1. The lowest BCUT2D eigenvalue weighted by atomic mass is 10.1. The van der Waals surface area contributed by atoms with E-state index in [0.29, 0.717) is 16.8 Å². The molecule has 2 rings (SSSR count). The number of ketones is 1. The van der Waals surface area contributed by atoms with Gasteiger partial charge in [-0.2, -0.15) is 0 Å². The van der Waals surface area contributed by atoms with Crippen LogP contribution in [0, 0.1) is 10.1 Å². The molecule has 0 N–H and O–H groups in total. The predicted molar refractivity (Wildman–Crippen MR) is 81.6 cm³/mol. The molecule has 0 aliphatic carbocycles. The van der Waals surface area contributed by atoms with Crippen molar-refractivity contribution in [3.05, 3.63) is 68.2 Å². The van der Waals surface area contributed by atoms with E-state index in [9.17, 15) is 14.9 Å². The van der Waals surface area contributed by atoms with Crippen molar-refractivity contribution in [1.82, 2.24) is 0 Å². The minimum Gasteiger partial charge on any atom is -0.489 e. The number of nitrogens with zero attached hydrogens (tertiary/aromatic N) is 1. The van der Waals surface area contributed by atoms with Crippen LogP contribution in [-0.4, -0.2) is 10.7 Å². The van der Waals surface area contributed by atoms with Gasteiger partial charge in [0.05, 0.1) is 11.0 Å². The Balaban J connectivity index is 2.29. The van der Waals surface area contributed by atoms with E-state index in [-0.39, 0.29) is 17.0 Å². The van der Waals surface area contributed by atoms with Crippen LogP contribution in [0.1, 0.15) is 22.8 Å². The van der Waals surface area contributed by atoms with E-state index in [2.05, 4.69) is 15.9 Å². The Morgan fingerprint density at radius 3 is 2.52 bits per heavy atom. The Hall–Kier alpha value is -2.21. The molecule has 0 saturated carbocycles. The minimum atomic E-state index is -0.586. The number of rotatable bonds is 5. The second-order valence-electron chi connectivity index (χ2n) is 4.39. The summed E-state index contributed by atoms with van der Waals surface area (Å²) >= 11 is 3.19. The Morgan fingerprint density at radius 2 is 1.95 bits per heavy atom. The number of carbonyl (C=O) groups is 1. The summed E-state index contributed by atoms with van der Waals surface area (Å²) in [5.74, 6) is -0.0365. The van der Waals surface area contributed by atoms with Crippen molar-refractivity contribution in [1.29, 1.82) is 0 Å². The van der Waals surface area contributed by atoms with Crippen LogP contribution in [0.4, 0.5) is 5.69 Å². The number of ether oxygens (including phenoxy) is 1. The van der Waals surface area contributed by atoms with E-state index in [1.54, 1.807) is 6.07 Å². The van der Waals surface area contributed by atoms with E-state index in [1.807, 2.05) is 30.3 Å². The number of hydrogen-bond donors (Lipinski definition) is 0. The molecule has 0 spiro atoms. The van der Waals surface area contributed by atoms with Gasteiger partial charge in [-0.1, -0.05) is 30.3 Å². The Bertz CT molecular complexity index is 686. The summed E-state index contributed by atoms with van der Waals surface area (Å²) in [6, 6.07) is 12.3. The van der Waals surface area contributed by atoms with Gasteiger partial charge in [-0.25, -0.2) is 0 Å². The van der Waals surface area contributed by atoms with Gasteiger partial charge in [-0.05, 0) is 34.5 Å². The van der Waals surface area contributed by atoms with Gasteiger partial charge in [0.1, 0.15) is 17.9 Å². The smallest absolute Gasteiger partial charge is 0.285 e. The fourth-order valence-corrected chi connectivity index (χ4v) is 2.59. The summed E-state index contributed by atoms with van der Waals surface area (Å²) < 4.78 is 5.91. The molecule has 0 amide bonds. The molecule has 0 saturated heterocycles. The highest BCUT2D eigenvalue weighted by Crippen LogP contribution is 2.33. The zero-order valence-corrected chi connectivity index (χ0v) is 12.8. The van der Waals surface area contributed by atoms with Crippen molar-refractivity contribution >= 4 is 27.4 Å². The first kappa shape index (κ1) is 15.2. The largest absolute Gasteiger partial charge is 0.489 e. The average Bonchev–Trinajstić information content (AvgIpc) is 2.45. The van der Waals surface area contributed by atoms with Crippen LogP contribution in [0.2, 0.25) is 0 Å². The quantitative estimate of drug-likeness (QED) is 0.462. The average molecular weight is 350 g/mol. The van der Waals surface area contributed by atoms with Crippen molar-refractivity contribution < 1.29 is 14.5 Å². The maximum absolute atomic E-state index is 11.5. The van der Waals surface area contributed by atoms with Crippen LogP contribution >= 0.6 is 15.9 Å². The lowest BCUT2D eigenvalue weighted by Crippen LogP contribution is -2.03. The molecule has 6 heteroatoms. The third-order valence-electron chi connectivity index (χ3n) is 2.84. The molecule has 2 aromatic rings. The van der Waals surface area contributed by atoms with Crippen LogP contribution in [0.3, 0.4) is 0 Å². The molecule has 0 radical (unpaired) electrons. The van der Waals surface area contributed by atoms with Gasteiger partial charge in [0, 0.05) is 4.47 Å². The maximum Gasteiger partial charge on any atom is 0.285 e. The fourth-order valence-electron chi connectivity index (χ4n) is 1.88. The molecule has 108 valence electrons. The molecule has 0 atom stereocenters.